The first-order valence-corrected chi connectivity index (χ1v) is 4.67. The second kappa shape index (κ2) is 3.45. The molecule has 1 aromatic carbocycles. The summed E-state index contributed by atoms with van der Waals surface area (Å²) < 4.78 is 0. The maximum atomic E-state index is 11.1. The largest absolute Gasteiger partial charge is 0.507 e. The summed E-state index contributed by atoms with van der Waals surface area (Å²) in [5.74, 6) is -0.0344. The number of ketones is 1. The van der Waals surface area contributed by atoms with Gasteiger partial charge in [-0.05, 0) is 30.0 Å². The maximum Gasteiger partial charge on any atom is 0.163 e. The Morgan fingerprint density at radius 1 is 1.29 bits per heavy atom. The first-order chi connectivity index (χ1) is 6.32. The van der Waals surface area contributed by atoms with Crippen molar-refractivity contribution in [3.8, 4) is 5.75 Å². The summed E-state index contributed by atoms with van der Waals surface area (Å²) in [7, 11) is 0. The summed E-state index contributed by atoms with van der Waals surface area (Å²) in [6, 6.07) is 5.23. The SMILES string of the molecule is CC(=O)c1ccc(C(C)(C)C)cc1O. The van der Waals surface area contributed by atoms with Gasteiger partial charge in [-0.1, -0.05) is 26.8 Å². The summed E-state index contributed by atoms with van der Waals surface area (Å²) in [6.07, 6.45) is 0. The summed E-state index contributed by atoms with van der Waals surface area (Å²) in [5, 5.41) is 9.60. The van der Waals surface area contributed by atoms with E-state index in [9.17, 15) is 9.90 Å². The molecule has 0 saturated heterocycles. The van der Waals surface area contributed by atoms with Crippen molar-refractivity contribution < 1.29 is 9.90 Å². The smallest absolute Gasteiger partial charge is 0.163 e. The molecule has 0 aliphatic carbocycles. The summed E-state index contributed by atoms with van der Waals surface area (Å²) >= 11 is 0. The Balaban J connectivity index is 3.20. The van der Waals surface area contributed by atoms with Crippen LogP contribution in [0.4, 0.5) is 0 Å². The highest BCUT2D eigenvalue weighted by Gasteiger charge is 2.16. The van der Waals surface area contributed by atoms with Gasteiger partial charge >= 0.3 is 0 Å². The third-order valence-electron chi connectivity index (χ3n) is 2.24. The molecule has 0 heterocycles. The van der Waals surface area contributed by atoms with Crippen LogP contribution < -0.4 is 0 Å². The minimum absolute atomic E-state index is 0.00714. The standard InChI is InChI=1S/C12H16O2/c1-8(13)10-6-5-9(7-11(10)14)12(2,3)4/h5-7,14H,1-4H3. The molecule has 76 valence electrons. The van der Waals surface area contributed by atoms with Crippen LogP contribution in [0.1, 0.15) is 43.6 Å². The summed E-state index contributed by atoms with van der Waals surface area (Å²) in [4.78, 5) is 11.1. The lowest BCUT2D eigenvalue weighted by Gasteiger charge is -2.19. The molecule has 0 aromatic heterocycles. The molecule has 14 heavy (non-hydrogen) atoms. The van der Waals surface area contributed by atoms with Crippen molar-refractivity contribution in [2.45, 2.75) is 33.1 Å². The lowest BCUT2D eigenvalue weighted by molar-refractivity contribution is 0.101. The highest BCUT2D eigenvalue weighted by Crippen LogP contribution is 2.27. The number of phenolic OH excluding ortho intramolecular Hbond substituents is 1. The maximum absolute atomic E-state index is 11.1. The number of hydrogen-bond acceptors (Lipinski definition) is 2. The van der Waals surface area contributed by atoms with Crippen LogP contribution in [0.5, 0.6) is 5.75 Å². The molecular weight excluding hydrogens is 176 g/mol. The van der Waals surface area contributed by atoms with E-state index >= 15 is 0 Å². The number of benzene rings is 1. The van der Waals surface area contributed by atoms with Crippen LogP contribution in [0.2, 0.25) is 0 Å². The first-order valence-electron chi connectivity index (χ1n) is 4.67. The Bertz CT molecular complexity index is 359. The molecule has 0 fully saturated rings. The van der Waals surface area contributed by atoms with Gasteiger partial charge in [-0.15, -0.1) is 0 Å². The number of carbonyl (C=O) groups excluding carboxylic acids is 1. The molecule has 0 aliphatic rings. The van der Waals surface area contributed by atoms with Crippen LogP contribution >= 0.6 is 0 Å². The Morgan fingerprint density at radius 3 is 2.21 bits per heavy atom. The number of phenols is 1. The lowest BCUT2D eigenvalue weighted by Crippen LogP contribution is -2.11. The molecule has 0 radical (unpaired) electrons. The predicted molar refractivity (Wildman–Crippen MR) is 56.8 cm³/mol. The fourth-order valence-corrected chi connectivity index (χ4v) is 1.30. The topological polar surface area (TPSA) is 37.3 Å². The summed E-state index contributed by atoms with van der Waals surface area (Å²) in [5.41, 5.74) is 1.41. The van der Waals surface area contributed by atoms with E-state index in [1.165, 1.54) is 6.92 Å². The zero-order valence-corrected chi connectivity index (χ0v) is 9.09. The van der Waals surface area contributed by atoms with Crippen LogP contribution in [0.15, 0.2) is 18.2 Å². The van der Waals surface area contributed by atoms with E-state index in [0.717, 1.165) is 5.56 Å². The molecule has 1 aromatic rings. The van der Waals surface area contributed by atoms with E-state index < -0.39 is 0 Å². The van der Waals surface area contributed by atoms with Crippen LogP contribution in [0.3, 0.4) is 0 Å². The van der Waals surface area contributed by atoms with Crippen molar-refractivity contribution in [3.05, 3.63) is 29.3 Å². The number of aromatic hydroxyl groups is 1. The number of carbonyl (C=O) groups is 1. The molecule has 0 saturated carbocycles. The van der Waals surface area contributed by atoms with Gasteiger partial charge in [0.2, 0.25) is 0 Å². The zero-order chi connectivity index (χ0) is 10.9. The lowest BCUT2D eigenvalue weighted by atomic mass is 9.86. The number of Topliss-reactive ketones (excluding diaryl/α,β-unsaturated/α-hetero) is 1. The van der Waals surface area contributed by atoms with Crippen molar-refractivity contribution in [1.29, 1.82) is 0 Å². The average molecular weight is 192 g/mol. The van der Waals surface area contributed by atoms with Crippen molar-refractivity contribution in [2.75, 3.05) is 0 Å². The highest BCUT2D eigenvalue weighted by atomic mass is 16.3. The van der Waals surface area contributed by atoms with Crippen LogP contribution in [-0.4, -0.2) is 10.9 Å². The summed E-state index contributed by atoms with van der Waals surface area (Å²) in [6.45, 7) is 7.64. The van der Waals surface area contributed by atoms with E-state index in [1.54, 1.807) is 12.1 Å². The molecule has 1 rings (SSSR count). The molecule has 0 unspecified atom stereocenters. The van der Waals surface area contributed by atoms with Crippen LogP contribution in [0, 0.1) is 0 Å². The third-order valence-corrected chi connectivity index (χ3v) is 2.24. The van der Waals surface area contributed by atoms with Gasteiger partial charge in [0.05, 0.1) is 5.56 Å². The van der Waals surface area contributed by atoms with Gasteiger partial charge in [-0.2, -0.15) is 0 Å². The van der Waals surface area contributed by atoms with Crippen LogP contribution in [0.25, 0.3) is 0 Å². The van der Waals surface area contributed by atoms with Crippen molar-refractivity contribution in [1.82, 2.24) is 0 Å². The highest BCUT2D eigenvalue weighted by molar-refractivity contribution is 5.96. The minimum Gasteiger partial charge on any atom is -0.507 e. The fourth-order valence-electron chi connectivity index (χ4n) is 1.30. The molecule has 0 bridgehead atoms. The van der Waals surface area contributed by atoms with Gasteiger partial charge in [0.25, 0.3) is 0 Å². The van der Waals surface area contributed by atoms with Crippen molar-refractivity contribution >= 4 is 5.78 Å². The molecule has 0 spiro atoms. The predicted octanol–water partition coefficient (Wildman–Crippen LogP) is 2.89. The zero-order valence-electron chi connectivity index (χ0n) is 9.09. The van der Waals surface area contributed by atoms with Gasteiger partial charge in [0.1, 0.15) is 5.75 Å². The van der Waals surface area contributed by atoms with Gasteiger partial charge in [-0.25, -0.2) is 0 Å². The average Bonchev–Trinajstić information content (AvgIpc) is 2.01. The second-order valence-electron chi connectivity index (χ2n) is 4.54. The Kier molecular flexibility index (Phi) is 2.65. The molecule has 0 amide bonds. The number of hydrogen-bond donors (Lipinski definition) is 1. The molecular formula is C12H16O2. The van der Waals surface area contributed by atoms with Gasteiger partial charge in [0.15, 0.2) is 5.78 Å². The van der Waals surface area contributed by atoms with E-state index in [4.69, 9.17) is 0 Å². The molecule has 1 N–H and O–H groups in total. The van der Waals surface area contributed by atoms with Crippen LogP contribution in [-0.2, 0) is 5.41 Å². The van der Waals surface area contributed by atoms with Crippen molar-refractivity contribution in [3.63, 3.8) is 0 Å². The molecule has 2 nitrogen and oxygen atoms in total. The Morgan fingerprint density at radius 2 is 1.86 bits per heavy atom. The first kappa shape index (κ1) is 10.8. The third kappa shape index (κ3) is 2.13. The Labute approximate surface area is 84.6 Å². The van der Waals surface area contributed by atoms with Gasteiger partial charge < -0.3 is 5.11 Å². The fraction of sp³-hybridized carbons (Fsp3) is 0.417. The van der Waals surface area contributed by atoms with Gasteiger partial charge in [-0.3, -0.25) is 4.79 Å². The quantitative estimate of drug-likeness (QED) is 0.695. The van der Waals surface area contributed by atoms with E-state index in [1.807, 2.05) is 6.07 Å². The van der Waals surface area contributed by atoms with Crippen molar-refractivity contribution in [2.24, 2.45) is 0 Å². The molecule has 0 atom stereocenters. The normalized spacial score (nSPS) is 11.4. The van der Waals surface area contributed by atoms with E-state index in [-0.39, 0.29) is 16.9 Å². The second-order valence-corrected chi connectivity index (χ2v) is 4.54. The minimum atomic E-state index is -0.108. The monoisotopic (exact) mass is 192 g/mol. The van der Waals surface area contributed by atoms with Gasteiger partial charge in [0, 0.05) is 0 Å². The molecule has 2 heteroatoms. The van der Waals surface area contributed by atoms with E-state index in [0.29, 0.717) is 5.56 Å². The Hall–Kier alpha value is -1.31. The number of rotatable bonds is 1. The molecule has 0 aliphatic heterocycles. The van der Waals surface area contributed by atoms with E-state index in [2.05, 4.69) is 20.8 Å².